The maximum atomic E-state index is 11.0. The van der Waals surface area contributed by atoms with E-state index in [0.717, 1.165) is 5.56 Å². The highest BCUT2D eigenvalue weighted by Crippen LogP contribution is 2.25. The van der Waals surface area contributed by atoms with E-state index in [4.69, 9.17) is 28.9 Å². The third-order valence-corrected chi connectivity index (χ3v) is 2.73. The summed E-state index contributed by atoms with van der Waals surface area (Å²) in [4.78, 5) is 11.0. The zero-order chi connectivity index (χ0) is 11.4. The largest absolute Gasteiger partial charge is 0.469 e. The van der Waals surface area contributed by atoms with Crippen molar-refractivity contribution in [3.05, 3.63) is 33.8 Å². The van der Waals surface area contributed by atoms with E-state index in [2.05, 4.69) is 4.74 Å². The molecule has 0 aliphatic rings. The molecule has 1 atom stereocenters. The molecule has 1 aromatic rings. The summed E-state index contributed by atoms with van der Waals surface area (Å²) >= 11 is 11.6. The number of ether oxygens (including phenoxy) is 1. The van der Waals surface area contributed by atoms with Crippen molar-refractivity contribution in [2.75, 3.05) is 7.11 Å². The smallest absolute Gasteiger partial charge is 0.307 e. The molecule has 2 N–H and O–H groups in total. The van der Waals surface area contributed by atoms with Gasteiger partial charge in [0, 0.05) is 6.04 Å². The molecular weight excluding hydrogens is 237 g/mol. The van der Waals surface area contributed by atoms with Crippen molar-refractivity contribution in [2.24, 2.45) is 5.73 Å². The van der Waals surface area contributed by atoms with Crippen LogP contribution in [0.15, 0.2) is 18.2 Å². The Morgan fingerprint density at radius 2 is 2.13 bits per heavy atom. The molecule has 5 heteroatoms. The van der Waals surface area contributed by atoms with E-state index in [1.54, 1.807) is 18.2 Å². The van der Waals surface area contributed by atoms with Gasteiger partial charge < -0.3 is 10.5 Å². The van der Waals surface area contributed by atoms with Crippen LogP contribution in [0.4, 0.5) is 0 Å². The fourth-order valence-corrected chi connectivity index (χ4v) is 1.43. The monoisotopic (exact) mass is 247 g/mol. The van der Waals surface area contributed by atoms with Crippen molar-refractivity contribution in [3.8, 4) is 0 Å². The lowest BCUT2D eigenvalue weighted by Crippen LogP contribution is -2.16. The summed E-state index contributed by atoms with van der Waals surface area (Å²) in [5.74, 6) is -0.353. The van der Waals surface area contributed by atoms with Crippen molar-refractivity contribution in [2.45, 2.75) is 12.5 Å². The average molecular weight is 248 g/mol. The molecule has 0 spiro atoms. The summed E-state index contributed by atoms with van der Waals surface area (Å²) < 4.78 is 4.52. The third-order valence-electron chi connectivity index (χ3n) is 1.99. The summed E-state index contributed by atoms with van der Waals surface area (Å²) in [6, 6.07) is 4.61. The van der Waals surface area contributed by atoms with E-state index in [9.17, 15) is 4.79 Å². The van der Waals surface area contributed by atoms with Gasteiger partial charge in [0.1, 0.15) is 0 Å². The molecule has 0 heterocycles. The molecule has 1 unspecified atom stereocenters. The fourth-order valence-electron chi connectivity index (χ4n) is 1.12. The summed E-state index contributed by atoms with van der Waals surface area (Å²) in [6.07, 6.45) is 0.120. The van der Waals surface area contributed by atoms with E-state index < -0.39 is 6.04 Å². The summed E-state index contributed by atoms with van der Waals surface area (Å²) in [6.45, 7) is 0. The number of carbonyl (C=O) groups is 1. The fraction of sp³-hybridized carbons (Fsp3) is 0.300. The molecule has 15 heavy (non-hydrogen) atoms. The minimum Gasteiger partial charge on any atom is -0.469 e. The lowest BCUT2D eigenvalue weighted by molar-refractivity contribution is -0.141. The second-order valence-corrected chi connectivity index (χ2v) is 3.87. The van der Waals surface area contributed by atoms with Gasteiger partial charge >= 0.3 is 5.97 Å². The standard InChI is InChI=1S/C10H11Cl2NO2/c1-15-10(14)5-9(13)6-2-3-7(11)8(12)4-6/h2-4,9H,5,13H2,1H3. The van der Waals surface area contributed by atoms with Crippen molar-refractivity contribution in [1.29, 1.82) is 0 Å². The molecule has 0 bridgehead atoms. The van der Waals surface area contributed by atoms with Gasteiger partial charge in [0.05, 0.1) is 23.6 Å². The highest BCUT2D eigenvalue weighted by molar-refractivity contribution is 6.42. The van der Waals surface area contributed by atoms with Crippen LogP contribution in [0.1, 0.15) is 18.0 Å². The van der Waals surface area contributed by atoms with Gasteiger partial charge in [-0.15, -0.1) is 0 Å². The van der Waals surface area contributed by atoms with Crippen molar-refractivity contribution in [3.63, 3.8) is 0 Å². The van der Waals surface area contributed by atoms with Gasteiger partial charge in [-0.2, -0.15) is 0 Å². The first kappa shape index (κ1) is 12.3. The molecule has 1 rings (SSSR count). The van der Waals surface area contributed by atoms with Crippen molar-refractivity contribution in [1.82, 2.24) is 0 Å². The number of hydrogen-bond acceptors (Lipinski definition) is 3. The van der Waals surface area contributed by atoms with Crippen LogP contribution in [0.3, 0.4) is 0 Å². The van der Waals surface area contributed by atoms with E-state index in [-0.39, 0.29) is 12.4 Å². The van der Waals surface area contributed by atoms with Crippen LogP contribution in [0, 0.1) is 0 Å². The van der Waals surface area contributed by atoms with Crippen LogP contribution in [0.5, 0.6) is 0 Å². The molecule has 0 aromatic heterocycles. The molecule has 82 valence electrons. The topological polar surface area (TPSA) is 52.3 Å². The van der Waals surface area contributed by atoms with Gasteiger partial charge in [0.15, 0.2) is 0 Å². The van der Waals surface area contributed by atoms with Crippen LogP contribution >= 0.6 is 23.2 Å². The number of halogens is 2. The zero-order valence-electron chi connectivity index (χ0n) is 8.17. The highest BCUT2D eigenvalue weighted by atomic mass is 35.5. The van der Waals surface area contributed by atoms with Gasteiger partial charge in [0.25, 0.3) is 0 Å². The number of methoxy groups -OCH3 is 1. The van der Waals surface area contributed by atoms with Crippen LogP contribution in [0.2, 0.25) is 10.0 Å². The molecule has 1 aromatic carbocycles. The number of rotatable bonds is 3. The normalized spacial score (nSPS) is 12.3. The minimum absolute atomic E-state index is 0.120. The van der Waals surface area contributed by atoms with Gasteiger partial charge in [0.2, 0.25) is 0 Å². The van der Waals surface area contributed by atoms with Gasteiger partial charge in [-0.05, 0) is 17.7 Å². The Morgan fingerprint density at radius 1 is 1.47 bits per heavy atom. The van der Waals surface area contributed by atoms with Crippen LogP contribution < -0.4 is 5.73 Å². The second kappa shape index (κ2) is 5.35. The summed E-state index contributed by atoms with van der Waals surface area (Å²) in [7, 11) is 1.32. The molecule has 0 fully saturated rings. The molecule has 0 aliphatic heterocycles. The first-order valence-corrected chi connectivity index (χ1v) is 5.07. The Hall–Kier alpha value is -0.770. The Kier molecular flexibility index (Phi) is 4.39. The number of hydrogen-bond donors (Lipinski definition) is 1. The Bertz CT molecular complexity index is 368. The molecule has 0 saturated heterocycles. The first-order valence-electron chi connectivity index (χ1n) is 4.32. The lowest BCUT2D eigenvalue weighted by Gasteiger charge is -2.11. The van der Waals surface area contributed by atoms with Crippen LogP contribution in [0.25, 0.3) is 0 Å². The van der Waals surface area contributed by atoms with E-state index >= 15 is 0 Å². The quantitative estimate of drug-likeness (QED) is 0.836. The molecular formula is C10H11Cl2NO2. The molecule has 0 radical (unpaired) electrons. The van der Waals surface area contributed by atoms with E-state index in [1.807, 2.05) is 0 Å². The SMILES string of the molecule is COC(=O)CC(N)c1ccc(Cl)c(Cl)c1. The predicted molar refractivity (Wildman–Crippen MR) is 60.0 cm³/mol. The van der Waals surface area contributed by atoms with Crippen molar-refractivity contribution < 1.29 is 9.53 Å². The minimum atomic E-state index is -0.424. The molecule has 0 saturated carbocycles. The first-order chi connectivity index (χ1) is 7.04. The molecule has 0 aliphatic carbocycles. The van der Waals surface area contributed by atoms with Crippen LogP contribution in [-0.2, 0) is 9.53 Å². The number of esters is 1. The summed E-state index contributed by atoms with van der Waals surface area (Å²) in [5, 5.41) is 0.889. The predicted octanol–water partition coefficient (Wildman–Crippen LogP) is 2.56. The maximum absolute atomic E-state index is 11.0. The zero-order valence-corrected chi connectivity index (χ0v) is 9.68. The Morgan fingerprint density at radius 3 is 2.67 bits per heavy atom. The molecule has 0 amide bonds. The second-order valence-electron chi connectivity index (χ2n) is 3.06. The molecule has 3 nitrogen and oxygen atoms in total. The Balaban J connectivity index is 2.78. The van der Waals surface area contributed by atoms with E-state index in [0.29, 0.717) is 10.0 Å². The third kappa shape index (κ3) is 3.38. The number of nitrogens with two attached hydrogens (primary N) is 1. The Labute approximate surface area is 98.1 Å². The van der Waals surface area contributed by atoms with Gasteiger partial charge in [-0.1, -0.05) is 29.3 Å². The van der Waals surface area contributed by atoms with Crippen molar-refractivity contribution >= 4 is 29.2 Å². The maximum Gasteiger partial charge on any atom is 0.307 e. The van der Waals surface area contributed by atoms with Crippen LogP contribution in [-0.4, -0.2) is 13.1 Å². The van der Waals surface area contributed by atoms with Gasteiger partial charge in [-0.25, -0.2) is 0 Å². The number of benzene rings is 1. The highest BCUT2D eigenvalue weighted by Gasteiger charge is 2.12. The lowest BCUT2D eigenvalue weighted by atomic mass is 10.1. The van der Waals surface area contributed by atoms with E-state index in [1.165, 1.54) is 7.11 Å². The van der Waals surface area contributed by atoms with Gasteiger partial charge in [-0.3, -0.25) is 4.79 Å². The summed E-state index contributed by atoms with van der Waals surface area (Å²) in [5.41, 5.74) is 6.55. The average Bonchev–Trinajstić information content (AvgIpc) is 2.21. The number of carbonyl (C=O) groups excluding carboxylic acids is 1.